The lowest BCUT2D eigenvalue weighted by atomic mass is 9.84. The summed E-state index contributed by atoms with van der Waals surface area (Å²) < 4.78 is 24.8. The molecule has 0 aliphatic heterocycles. The molecule has 96 valence electrons. The smallest absolute Gasteiger partial charge is 0.251 e. The van der Waals surface area contributed by atoms with Gasteiger partial charge in [0.05, 0.1) is 13.2 Å². The van der Waals surface area contributed by atoms with Crippen LogP contribution in [0.2, 0.25) is 0 Å². The number of hydrogen-bond donors (Lipinski definition) is 1. The molecule has 4 heteroatoms. The number of nitrogens with zero attached hydrogens (tertiary/aromatic N) is 1. The molecule has 1 N–H and O–H groups in total. The largest absolute Gasteiger partial charge is 0.395 e. The van der Waals surface area contributed by atoms with Gasteiger partial charge in [-0.3, -0.25) is 4.90 Å². The van der Waals surface area contributed by atoms with Crippen molar-refractivity contribution in [1.29, 1.82) is 0 Å². The number of aliphatic hydroxyl groups excluding tert-OH is 1. The average Bonchev–Trinajstić information content (AvgIpc) is 2.28. The van der Waals surface area contributed by atoms with Gasteiger partial charge in [-0.2, -0.15) is 0 Å². The van der Waals surface area contributed by atoms with E-state index in [4.69, 9.17) is 5.11 Å². The van der Waals surface area contributed by atoms with Crippen molar-refractivity contribution in [3.05, 3.63) is 0 Å². The molecule has 1 saturated carbocycles. The average molecular weight is 235 g/mol. The van der Waals surface area contributed by atoms with Gasteiger partial charge in [-0.05, 0) is 31.6 Å². The van der Waals surface area contributed by atoms with E-state index < -0.39 is 6.43 Å². The van der Waals surface area contributed by atoms with Crippen molar-refractivity contribution in [1.82, 2.24) is 4.90 Å². The molecule has 1 aliphatic carbocycles. The lowest BCUT2D eigenvalue weighted by Gasteiger charge is -2.36. The van der Waals surface area contributed by atoms with Crippen molar-refractivity contribution in [3.8, 4) is 0 Å². The molecule has 0 radical (unpaired) electrons. The molecule has 0 saturated heterocycles. The van der Waals surface area contributed by atoms with Gasteiger partial charge in [0.15, 0.2) is 0 Å². The number of halogens is 2. The molecule has 16 heavy (non-hydrogen) atoms. The first kappa shape index (κ1) is 13.8. The topological polar surface area (TPSA) is 23.5 Å². The second-order valence-corrected chi connectivity index (χ2v) is 4.69. The quantitative estimate of drug-likeness (QED) is 0.764. The van der Waals surface area contributed by atoms with Crippen LogP contribution >= 0.6 is 0 Å². The summed E-state index contributed by atoms with van der Waals surface area (Å²) in [4.78, 5) is 1.76. The minimum Gasteiger partial charge on any atom is -0.395 e. The van der Waals surface area contributed by atoms with Crippen LogP contribution in [0.5, 0.6) is 0 Å². The highest BCUT2D eigenvalue weighted by atomic mass is 19.3. The van der Waals surface area contributed by atoms with E-state index in [1.807, 2.05) is 0 Å². The molecule has 0 aromatic heterocycles. The minimum absolute atomic E-state index is 0.0274. The first-order chi connectivity index (χ1) is 7.67. The maximum atomic E-state index is 12.4. The van der Waals surface area contributed by atoms with Gasteiger partial charge in [0, 0.05) is 12.6 Å². The molecule has 2 nitrogen and oxygen atoms in total. The Kier molecular flexibility index (Phi) is 6.21. The van der Waals surface area contributed by atoms with Gasteiger partial charge in [-0.1, -0.05) is 13.3 Å². The highest BCUT2D eigenvalue weighted by Gasteiger charge is 2.26. The van der Waals surface area contributed by atoms with Crippen LogP contribution in [0.1, 0.15) is 39.0 Å². The van der Waals surface area contributed by atoms with E-state index in [2.05, 4.69) is 6.92 Å². The van der Waals surface area contributed by atoms with Crippen molar-refractivity contribution >= 4 is 0 Å². The molecular formula is C12H23F2NO. The van der Waals surface area contributed by atoms with Crippen molar-refractivity contribution < 1.29 is 13.9 Å². The summed E-state index contributed by atoms with van der Waals surface area (Å²) in [6.45, 7) is 2.35. The second kappa shape index (κ2) is 7.17. The van der Waals surface area contributed by atoms with Crippen molar-refractivity contribution in [3.63, 3.8) is 0 Å². The number of aliphatic hydroxyl groups is 1. The van der Waals surface area contributed by atoms with Gasteiger partial charge in [-0.15, -0.1) is 0 Å². The number of rotatable bonds is 6. The maximum Gasteiger partial charge on any atom is 0.251 e. The molecule has 1 rings (SSSR count). The summed E-state index contributed by atoms with van der Waals surface area (Å²) in [6, 6.07) is 0.254. The maximum absolute atomic E-state index is 12.4. The Labute approximate surface area is 96.6 Å². The summed E-state index contributed by atoms with van der Waals surface area (Å²) in [5.41, 5.74) is 0. The Morgan fingerprint density at radius 3 is 2.31 bits per heavy atom. The standard InChI is InChI=1S/C12H23F2NO/c1-2-10-3-5-11(6-4-10)15(7-8-16)9-12(13)14/h10-12,16H,2-9H2,1H3. The van der Waals surface area contributed by atoms with Gasteiger partial charge in [0.25, 0.3) is 6.43 Å². The summed E-state index contributed by atoms with van der Waals surface area (Å²) in [7, 11) is 0. The summed E-state index contributed by atoms with van der Waals surface area (Å²) in [6.07, 6.45) is 3.20. The summed E-state index contributed by atoms with van der Waals surface area (Å²) in [5.74, 6) is 0.777. The highest BCUT2D eigenvalue weighted by molar-refractivity contribution is 4.79. The van der Waals surface area contributed by atoms with Gasteiger partial charge in [0.1, 0.15) is 0 Å². The Morgan fingerprint density at radius 1 is 1.25 bits per heavy atom. The van der Waals surface area contributed by atoms with Crippen molar-refractivity contribution in [2.24, 2.45) is 5.92 Å². The first-order valence-corrected chi connectivity index (χ1v) is 6.30. The minimum atomic E-state index is -2.30. The van der Waals surface area contributed by atoms with E-state index in [9.17, 15) is 8.78 Å². The lowest BCUT2D eigenvalue weighted by Crippen LogP contribution is -2.42. The second-order valence-electron chi connectivity index (χ2n) is 4.69. The third kappa shape index (κ3) is 4.34. The lowest BCUT2D eigenvalue weighted by molar-refractivity contribution is 0.0388. The third-order valence-corrected chi connectivity index (χ3v) is 3.67. The Hall–Kier alpha value is -0.220. The van der Waals surface area contributed by atoms with Crippen LogP contribution in [0, 0.1) is 5.92 Å². The molecule has 0 heterocycles. The fourth-order valence-electron chi connectivity index (χ4n) is 2.65. The van der Waals surface area contributed by atoms with E-state index >= 15 is 0 Å². The molecule has 0 bridgehead atoms. The van der Waals surface area contributed by atoms with E-state index in [-0.39, 0.29) is 19.2 Å². The van der Waals surface area contributed by atoms with Gasteiger partial charge in [0.2, 0.25) is 0 Å². The van der Waals surface area contributed by atoms with Crippen LogP contribution < -0.4 is 0 Å². The van der Waals surface area contributed by atoms with E-state index in [0.29, 0.717) is 6.54 Å². The molecule has 0 spiro atoms. The number of alkyl halides is 2. The van der Waals surface area contributed by atoms with Crippen molar-refractivity contribution in [2.45, 2.75) is 51.5 Å². The Balaban J connectivity index is 2.39. The predicted molar refractivity (Wildman–Crippen MR) is 60.7 cm³/mol. The zero-order valence-electron chi connectivity index (χ0n) is 10.0. The van der Waals surface area contributed by atoms with Crippen LogP contribution in [-0.2, 0) is 0 Å². The Bertz CT molecular complexity index is 182. The Morgan fingerprint density at radius 2 is 1.88 bits per heavy atom. The fourth-order valence-corrected chi connectivity index (χ4v) is 2.65. The van der Waals surface area contributed by atoms with Crippen molar-refractivity contribution in [2.75, 3.05) is 19.7 Å². The number of hydrogen-bond acceptors (Lipinski definition) is 2. The molecule has 0 amide bonds. The zero-order chi connectivity index (χ0) is 12.0. The summed E-state index contributed by atoms with van der Waals surface area (Å²) >= 11 is 0. The molecule has 1 aliphatic rings. The van der Waals surface area contributed by atoms with E-state index in [1.165, 1.54) is 6.42 Å². The van der Waals surface area contributed by atoms with Gasteiger partial charge < -0.3 is 5.11 Å². The monoisotopic (exact) mass is 235 g/mol. The van der Waals surface area contributed by atoms with Crippen LogP contribution in [0.3, 0.4) is 0 Å². The normalized spacial score (nSPS) is 26.6. The first-order valence-electron chi connectivity index (χ1n) is 6.30. The molecule has 0 atom stereocenters. The van der Waals surface area contributed by atoms with Crippen LogP contribution in [-0.4, -0.2) is 42.2 Å². The fraction of sp³-hybridized carbons (Fsp3) is 1.00. The van der Waals surface area contributed by atoms with Crippen LogP contribution in [0.15, 0.2) is 0 Å². The summed E-state index contributed by atoms with van der Waals surface area (Å²) in [5, 5.41) is 8.89. The van der Waals surface area contributed by atoms with Gasteiger partial charge >= 0.3 is 0 Å². The van der Waals surface area contributed by atoms with Crippen LogP contribution in [0.4, 0.5) is 8.78 Å². The van der Waals surface area contributed by atoms with Gasteiger partial charge in [-0.25, -0.2) is 8.78 Å². The molecular weight excluding hydrogens is 212 g/mol. The molecule has 0 unspecified atom stereocenters. The van der Waals surface area contributed by atoms with E-state index in [0.717, 1.165) is 31.6 Å². The SMILES string of the molecule is CCC1CCC(N(CCO)CC(F)F)CC1. The van der Waals surface area contributed by atoms with Crippen LogP contribution in [0.25, 0.3) is 0 Å². The zero-order valence-corrected chi connectivity index (χ0v) is 10.0. The third-order valence-electron chi connectivity index (χ3n) is 3.67. The predicted octanol–water partition coefficient (Wildman–Crippen LogP) is 2.51. The molecule has 0 aromatic rings. The highest BCUT2D eigenvalue weighted by Crippen LogP contribution is 2.29. The molecule has 1 fully saturated rings. The molecule has 0 aromatic carbocycles. The van der Waals surface area contributed by atoms with E-state index in [1.54, 1.807) is 4.90 Å².